The van der Waals surface area contributed by atoms with Gasteiger partial charge in [0.2, 0.25) is 5.91 Å². The Balaban J connectivity index is 1.56. The second-order valence-corrected chi connectivity index (χ2v) is 6.13. The van der Waals surface area contributed by atoms with Gasteiger partial charge < -0.3 is 9.32 Å². The van der Waals surface area contributed by atoms with Gasteiger partial charge in [-0.25, -0.2) is 0 Å². The predicted molar refractivity (Wildman–Crippen MR) is 83.3 cm³/mol. The summed E-state index contributed by atoms with van der Waals surface area (Å²) < 4.78 is 5.59. The number of amides is 1. The van der Waals surface area contributed by atoms with Crippen molar-refractivity contribution in [1.82, 2.24) is 10.2 Å². The van der Waals surface area contributed by atoms with E-state index in [1.165, 1.54) is 12.8 Å². The molecule has 1 amide bonds. The number of hydrogen-bond donors (Lipinski definition) is 1. The average molecular weight is 296 g/mol. The predicted octanol–water partition coefficient (Wildman–Crippen LogP) is 2.72. The normalized spacial score (nSPS) is 23.0. The molecule has 4 heteroatoms. The minimum Gasteiger partial charge on any atom is -0.467 e. The van der Waals surface area contributed by atoms with Gasteiger partial charge in [-0.2, -0.15) is 0 Å². The lowest BCUT2D eigenvalue weighted by Gasteiger charge is -2.22. The molecule has 114 valence electrons. The quantitative estimate of drug-likeness (QED) is 0.922. The second kappa shape index (κ2) is 5.61. The first-order valence-corrected chi connectivity index (χ1v) is 7.98. The summed E-state index contributed by atoms with van der Waals surface area (Å²) in [5.41, 5.74) is 1.12. The number of rotatable bonds is 5. The van der Waals surface area contributed by atoms with Crippen molar-refractivity contribution in [1.29, 1.82) is 0 Å². The van der Waals surface area contributed by atoms with E-state index in [0.29, 0.717) is 6.04 Å². The van der Waals surface area contributed by atoms with Crippen LogP contribution in [0.1, 0.15) is 36.6 Å². The molecule has 1 aromatic carbocycles. The van der Waals surface area contributed by atoms with Crippen LogP contribution in [0.3, 0.4) is 0 Å². The van der Waals surface area contributed by atoms with Crippen molar-refractivity contribution in [3.05, 3.63) is 60.1 Å². The fraction of sp³-hybridized carbons (Fsp3) is 0.389. The number of carbonyl (C=O) groups is 1. The zero-order chi connectivity index (χ0) is 14.9. The molecule has 1 aliphatic heterocycles. The summed E-state index contributed by atoms with van der Waals surface area (Å²) >= 11 is 0. The number of hydrogen-bond acceptors (Lipinski definition) is 3. The highest BCUT2D eigenvalue weighted by Crippen LogP contribution is 2.32. The Hall–Kier alpha value is -2.07. The van der Waals surface area contributed by atoms with Crippen LogP contribution in [0.2, 0.25) is 0 Å². The number of benzene rings is 1. The standard InChI is InChI=1S/C18H20N2O2/c21-18-15(10-11-20(18)14-8-9-14)19-17(16-7-4-12-22-16)13-5-2-1-3-6-13/h1-7,12,14-15,17,19H,8-11H2/t15-,17-/m0/s1. The number of furan rings is 1. The van der Waals surface area contributed by atoms with Crippen molar-refractivity contribution >= 4 is 5.91 Å². The summed E-state index contributed by atoms with van der Waals surface area (Å²) in [5.74, 6) is 1.10. The average Bonchev–Trinajstić information content (AvgIpc) is 3.12. The number of nitrogens with one attached hydrogen (secondary N) is 1. The van der Waals surface area contributed by atoms with Crippen LogP contribution in [0.5, 0.6) is 0 Å². The minimum atomic E-state index is -0.115. The van der Waals surface area contributed by atoms with Gasteiger partial charge in [0.25, 0.3) is 0 Å². The molecule has 1 saturated heterocycles. The molecule has 22 heavy (non-hydrogen) atoms. The maximum absolute atomic E-state index is 12.6. The third kappa shape index (κ3) is 2.55. The smallest absolute Gasteiger partial charge is 0.240 e. The number of likely N-dealkylation sites (tertiary alicyclic amines) is 1. The molecule has 2 atom stereocenters. The van der Waals surface area contributed by atoms with Crippen molar-refractivity contribution in [3.63, 3.8) is 0 Å². The van der Waals surface area contributed by atoms with Gasteiger partial charge in [0.05, 0.1) is 18.3 Å². The van der Waals surface area contributed by atoms with E-state index in [0.717, 1.165) is 24.3 Å². The molecule has 2 fully saturated rings. The summed E-state index contributed by atoms with van der Waals surface area (Å²) in [7, 11) is 0. The molecule has 2 heterocycles. The van der Waals surface area contributed by atoms with Crippen molar-refractivity contribution < 1.29 is 9.21 Å². The van der Waals surface area contributed by atoms with Crippen molar-refractivity contribution in [2.24, 2.45) is 0 Å². The van der Waals surface area contributed by atoms with Crippen LogP contribution in [0.4, 0.5) is 0 Å². The van der Waals surface area contributed by atoms with E-state index < -0.39 is 0 Å². The van der Waals surface area contributed by atoms with E-state index in [2.05, 4.69) is 17.4 Å². The maximum atomic E-state index is 12.6. The lowest BCUT2D eigenvalue weighted by Crippen LogP contribution is -2.41. The van der Waals surface area contributed by atoms with Crippen LogP contribution >= 0.6 is 0 Å². The van der Waals surface area contributed by atoms with Crippen molar-refractivity contribution in [2.45, 2.75) is 37.4 Å². The van der Waals surface area contributed by atoms with Gasteiger partial charge in [0, 0.05) is 12.6 Å². The Labute approximate surface area is 130 Å². The summed E-state index contributed by atoms with van der Waals surface area (Å²) in [6.45, 7) is 0.876. The van der Waals surface area contributed by atoms with Gasteiger partial charge in [0.15, 0.2) is 0 Å². The van der Waals surface area contributed by atoms with Gasteiger partial charge in [-0.15, -0.1) is 0 Å². The molecule has 4 rings (SSSR count). The molecule has 4 nitrogen and oxygen atoms in total. The molecule has 0 unspecified atom stereocenters. The zero-order valence-electron chi connectivity index (χ0n) is 12.4. The van der Waals surface area contributed by atoms with Gasteiger partial charge in [-0.05, 0) is 37.0 Å². The van der Waals surface area contributed by atoms with E-state index in [-0.39, 0.29) is 18.0 Å². The van der Waals surface area contributed by atoms with Crippen molar-refractivity contribution in [3.8, 4) is 0 Å². The number of carbonyl (C=O) groups excluding carboxylic acids is 1. The van der Waals surface area contributed by atoms with Crippen LogP contribution in [-0.2, 0) is 4.79 Å². The third-order valence-electron chi connectivity index (χ3n) is 4.56. The first kappa shape index (κ1) is 13.6. The summed E-state index contributed by atoms with van der Waals surface area (Å²) in [4.78, 5) is 14.6. The Morgan fingerprint density at radius 1 is 1.09 bits per heavy atom. The largest absolute Gasteiger partial charge is 0.467 e. The summed E-state index contributed by atoms with van der Waals surface area (Å²) in [6.07, 6.45) is 4.89. The molecular formula is C18H20N2O2. The Kier molecular flexibility index (Phi) is 3.47. The minimum absolute atomic E-state index is 0.0793. The Bertz CT molecular complexity index is 634. The van der Waals surface area contributed by atoms with Gasteiger partial charge in [0.1, 0.15) is 5.76 Å². The molecular weight excluding hydrogens is 276 g/mol. The van der Waals surface area contributed by atoms with Crippen LogP contribution in [0.25, 0.3) is 0 Å². The Morgan fingerprint density at radius 3 is 2.59 bits per heavy atom. The topological polar surface area (TPSA) is 45.5 Å². The lowest BCUT2D eigenvalue weighted by molar-refractivity contribution is -0.130. The monoisotopic (exact) mass is 296 g/mol. The SMILES string of the molecule is O=C1[C@@H](N[C@@H](c2ccccc2)c2ccco2)CCN1C1CC1. The van der Waals surface area contributed by atoms with Crippen molar-refractivity contribution in [2.75, 3.05) is 6.54 Å². The Morgan fingerprint density at radius 2 is 1.91 bits per heavy atom. The molecule has 2 aliphatic rings. The summed E-state index contributed by atoms with van der Waals surface area (Å²) in [5, 5.41) is 3.51. The third-order valence-corrected chi connectivity index (χ3v) is 4.56. The maximum Gasteiger partial charge on any atom is 0.240 e. The fourth-order valence-corrected chi connectivity index (χ4v) is 3.25. The highest BCUT2D eigenvalue weighted by molar-refractivity contribution is 5.84. The van der Waals surface area contributed by atoms with E-state index in [1.54, 1.807) is 6.26 Å². The highest BCUT2D eigenvalue weighted by Gasteiger charge is 2.41. The molecule has 0 spiro atoms. The number of nitrogens with zero attached hydrogens (tertiary/aromatic N) is 1. The molecule has 1 saturated carbocycles. The molecule has 1 N–H and O–H groups in total. The van der Waals surface area contributed by atoms with E-state index >= 15 is 0 Å². The van der Waals surface area contributed by atoms with E-state index in [1.807, 2.05) is 35.2 Å². The van der Waals surface area contributed by atoms with Gasteiger partial charge in [-0.1, -0.05) is 30.3 Å². The second-order valence-electron chi connectivity index (χ2n) is 6.13. The van der Waals surface area contributed by atoms with Gasteiger partial charge in [-0.3, -0.25) is 10.1 Å². The van der Waals surface area contributed by atoms with Crippen LogP contribution in [-0.4, -0.2) is 29.4 Å². The zero-order valence-corrected chi connectivity index (χ0v) is 12.4. The van der Waals surface area contributed by atoms with E-state index in [9.17, 15) is 4.79 Å². The highest BCUT2D eigenvalue weighted by atomic mass is 16.3. The van der Waals surface area contributed by atoms with Crippen LogP contribution < -0.4 is 5.32 Å². The molecule has 0 radical (unpaired) electrons. The fourth-order valence-electron chi connectivity index (χ4n) is 3.25. The molecule has 2 aromatic rings. The lowest BCUT2D eigenvalue weighted by atomic mass is 10.0. The van der Waals surface area contributed by atoms with Crippen LogP contribution in [0.15, 0.2) is 53.1 Å². The van der Waals surface area contributed by atoms with Crippen LogP contribution in [0, 0.1) is 0 Å². The molecule has 1 aromatic heterocycles. The molecule has 0 bridgehead atoms. The summed E-state index contributed by atoms with van der Waals surface area (Å²) in [6, 6.07) is 14.3. The van der Waals surface area contributed by atoms with E-state index in [4.69, 9.17) is 4.42 Å². The first-order chi connectivity index (χ1) is 10.8. The first-order valence-electron chi connectivity index (χ1n) is 7.98. The molecule has 1 aliphatic carbocycles. The van der Waals surface area contributed by atoms with Gasteiger partial charge >= 0.3 is 0 Å².